The van der Waals surface area contributed by atoms with Gasteiger partial charge in [0, 0.05) is 0 Å². The summed E-state index contributed by atoms with van der Waals surface area (Å²) in [6.07, 6.45) is 2.86. The highest BCUT2D eigenvalue weighted by molar-refractivity contribution is 5.80. The van der Waals surface area contributed by atoms with E-state index in [0.717, 1.165) is 19.3 Å². The number of ether oxygens (including phenoxy) is 1. The molecule has 1 aliphatic rings. The topological polar surface area (TPSA) is 26.3 Å². The Morgan fingerprint density at radius 2 is 2.00 bits per heavy atom. The molecule has 0 aliphatic heterocycles. The molecule has 0 radical (unpaired) electrons. The second-order valence-electron chi connectivity index (χ2n) is 6.13. The Morgan fingerprint density at radius 1 is 1.47 bits per heavy atom. The van der Waals surface area contributed by atoms with Gasteiger partial charge in [-0.2, -0.15) is 0 Å². The van der Waals surface area contributed by atoms with E-state index in [1.165, 1.54) is 0 Å². The van der Waals surface area contributed by atoms with Crippen LogP contribution in [0.25, 0.3) is 0 Å². The van der Waals surface area contributed by atoms with Gasteiger partial charge in [-0.25, -0.2) is 0 Å². The van der Waals surface area contributed by atoms with Crippen LogP contribution in [0.5, 0.6) is 0 Å². The number of carbonyl (C=O) groups excluding carboxylic acids is 1. The van der Waals surface area contributed by atoms with Crippen LogP contribution in [-0.4, -0.2) is 12.6 Å². The van der Waals surface area contributed by atoms with Gasteiger partial charge in [0.2, 0.25) is 0 Å². The molecule has 0 aromatic heterocycles. The first-order valence-electron chi connectivity index (χ1n) is 5.99. The Bertz CT molecular complexity index is 239. The molecule has 0 bridgehead atoms. The largest absolute Gasteiger partial charge is 0.465 e. The van der Waals surface area contributed by atoms with E-state index in [-0.39, 0.29) is 16.8 Å². The Kier molecular flexibility index (Phi) is 3.47. The maximum Gasteiger partial charge on any atom is 0.312 e. The normalized spacial score (nSPS) is 30.1. The van der Waals surface area contributed by atoms with Crippen LogP contribution in [0.3, 0.4) is 0 Å². The summed E-state index contributed by atoms with van der Waals surface area (Å²) in [7, 11) is 0. The summed E-state index contributed by atoms with van der Waals surface area (Å²) in [6.45, 7) is 11.3. The molecule has 2 heteroatoms. The van der Waals surface area contributed by atoms with E-state index in [1.807, 2.05) is 6.92 Å². The summed E-state index contributed by atoms with van der Waals surface area (Å²) in [5.74, 6) is 0.535. The van der Waals surface area contributed by atoms with Crippen LogP contribution in [0.1, 0.15) is 53.9 Å². The quantitative estimate of drug-likeness (QED) is 0.668. The molecule has 1 rings (SSSR count). The average molecular weight is 212 g/mol. The lowest BCUT2D eigenvalue weighted by atomic mass is 9.81. The Morgan fingerprint density at radius 3 is 2.33 bits per heavy atom. The summed E-state index contributed by atoms with van der Waals surface area (Å²) >= 11 is 0. The van der Waals surface area contributed by atoms with Crippen molar-refractivity contribution in [2.75, 3.05) is 6.61 Å². The summed E-state index contributed by atoms with van der Waals surface area (Å²) in [5.41, 5.74) is 0.0451. The molecular formula is C13H24O2. The molecule has 1 aliphatic carbocycles. The fourth-order valence-corrected chi connectivity index (χ4v) is 2.38. The van der Waals surface area contributed by atoms with Crippen molar-refractivity contribution in [1.29, 1.82) is 0 Å². The Balaban J connectivity index is 2.58. The molecule has 88 valence electrons. The van der Waals surface area contributed by atoms with Gasteiger partial charge >= 0.3 is 5.97 Å². The number of rotatable bonds is 4. The molecule has 0 aromatic carbocycles. The Hall–Kier alpha value is -0.530. The van der Waals surface area contributed by atoms with E-state index in [1.54, 1.807) is 0 Å². The number of carbonyl (C=O) groups is 1. The molecule has 1 fully saturated rings. The molecule has 2 unspecified atom stereocenters. The number of esters is 1. The van der Waals surface area contributed by atoms with Gasteiger partial charge in [0.15, 0.2) is 0 Å². The number of hydrogen-bond donors (Lipinski definition) is 0. The van der Waals surface area contributed by atoms with Crippen molar-refractivity contribution < 1.29 is 9.53 Å². The smallest absolute Gasteiger partial charge is 0.312 e. The van der Waals surface area contributed by atoms with Crippen LogP contribution >= 0.6 is 0 Å². The minimum Gasteiger partial charge on any atom is -0.465 e. The predicted molar refractivity (Wildman–Crippen MR) is 61.5 cm³/mol. The van der Waals surface area contributed by atoms with E-state index >= 15 is 0 Å². The lowest BCUT2D eigenvalue weighted by Crippen LogP contribution is -2.26. The SMILES string of the molecule is CCCOC(=O)C1(CC(C)(C)C)CC1C. The molecular weight excluding hydrogens is 188 g/mol. The third-order valence-corrected chi connectivity index (χ3v) is 3.14. The van der Waals surface area contributed by atoms with Gasteiger partial charge in [0.1, 0.15) is 0 Å². The molecule has 0 aromatic rings. The maximum absolute atomic E-state index is 12.0. The molecule has 0 spiro atoms. The molecule has 0 heterocycles. The van der Waals surface area contributed by atoms with Crippen LogP contribution in [0, 0.1) is 16.7 Å². The van der Waals surface area contributed by atoms with Crippen LogP contribution in [0.15, 0.2) is 0 Å². The van der Waals surface area contributed by atoms with E-state index < -0.39 is 0 Å². The van der Waals surface area contributed by atoms with Crippen molar-refractivity contribution in [2.45, 2.75) is 53.9 Å². The summed E-state index contributed by atoms with van der Waals surface area (Å²) in [4.78, 5) is 12.0. The summed E-state index contributed by atoms with van der Waals surface area (Å²) in [5, 5.41) is 0. The van der Waals surface area contributed by atoms with Gasteiger partial charge in [0.25, 0.3) is 0 Å². The minimum absolute atomic E-state index is 0.0341. The second kappa shape index (κ2) is 4.15. The molecule has 2 atom stereocenters. The number of hydrogen-bond acceptors (Lipinski definition) is 2. The van der Waals surface area contributed by atoms with Crippen molar-refractivity contribution in [3.63, 3.8) is 0 Å². The highest BCUT2D eigenvalue weighted by atomic mass is 16.5. The van der Waals surface area contributed by atoms with Crippen molar-refractivity contribution in [2.24, 2.45) is 16.7 Å². The van der Waals surface area contributed by atoms with Gasteiger partial charge in [-0.05, 0) is 30.6 Å². The van der Waals surface area contributed by atoms with E-state index in [4.69, 9.17) is 4.74 Å². The molecule has 0 saturated heterocycles. The first kappa shape index (κ1) is 12.5. The molecule has 2 nitrogen and oxygen atoms in total. The predicted octanol–water partition coefficient (Wildman–Crippen LogP) is 3.40. The first-order valence-corrected chi connectivity index (χ1v) is 5.99. The van der Waals surface area contributed by atoms with Gasteiger partial charge in [-0.3, -0.25) is 4.79 Å². The van der Waals surface area contributed by atoms with Crippen LogP contribution in [0.2, 0.25) is 0 Å². The average Bonchev–Trinajstić information content (AvgIpc) is 2.70. The van der Waals surface area contributed by atoms with E-state index in [2.05, 4.69) is 27.7 Å². The van der Waals surface area contributed by atoms with Crippen molar-refractivity contribution >= 4 is 5.97 Å². The third kappa shape index (κ3) is 2.96. The minimum atomic E-state index is -0.159. The molecule has 1 saturated carbocycles. The zero-order valence-corrected chi connectivity index (χ0v) is 10.7. The zero-order valence-electron chi connectivity index (χ0n) is 10.7. The van der Waals surface area contributed by atoms with Gasteiger partial charge in [-0.1, -0.05) is 34.6 Å². The zero-order chi connectivity index (χ0) is 11.7. The molecule has 0 amide bonds. The van der Waals surface area contributed by atoms with E-state index in [0.29, 0.717) is 12.5 Å². The van der Waals surface area contributed by atoms with Crippen molar-refractivity contribution in [3.05, 3.63) is 0 Å². The lowest BCUT2D eigenvalue weighted by molar-refractivity contribution is -0.152. The van der Waals surface area contributed by atoms with Gasteiger partial charge in [0.05, 0.1) is 12.0 Å². The second-order valence-corrected chi connectivity index (χ2v) is 6.13. The highest BCUT2D eigenvalue weighted by Gasteiger charge is 2.59. The highest BCUT2D eigenvalue weighted by Crippen LogP contribution is 2.59. The Labute approximate surface area is 93.4 Å². The van der Waals surface area contributed by atoms with Gasteiger partial charge < -0.3 is 4.74 Å². The standard InChI is InChI=1S/C13H24O2/c1-6-7-15-11(14)13(8-10(13)2)9-12(3,4)5/h10H,6-9H2,1-5H3. The molecule has 0 N–H and O–H groups in total. The maximum atomic E-state index is 12.0. The first-order chi connectivity index (χ1) is 6.82. The van der Waals surface area contributed by atoms with Crippen molar-refractivity contribution in [3.8, 4) is 0 Å². The lowest BCUT2D eigenvalue weighted by Gasteiger charge is -2.25. The van der Waals surface area contributed by atoms with Crippen LogP contribution in [-0.2, 0) is 9.53 Å². The fourth-order valence-electron chi connectivity index (χ4n) is 2.38. The fraction of sp³-hybridized carbons (Fsp3) is 0.923. The van der Waals surface area contributed by atoms with Crippen LogP contribution < -0.4 is 0 Å². The molecule has 15 heavy (non-hydrogen) atoms. The summed E-state index contributed by atoms with van der Waals surface area (Å²) < 4.78 is 5.30. The van der Waals surface area contributed by atoms with Crippen molar-refractivity contribution in [1.82, 2.24) is 0 Å². The third-order valence-electron chi connectivity index (χ3n) is 3.14. The summed E-state index contributed by atoms with van der Waals surface area (Å²) in [6, 6.07) is 0. The van der Waals surface area contributed by atoms with Crippen LogP contribution in [0.4, 0.5) is 0 Å². The van der Waals surface area contributed by atoms with Gasteiger partial charge in [-0.15, -0.1) is 0 Å². The monoisotopic (exact) mass is 212 g/mol. The van der Waals surface area contributed by atoms with E-state index in [9.17, 15) is 4.79 Å².